The maximum absolute atomic E-state index is 12.4. The summed E-state index contributed by atoms with van der Waals surface area (Å²) in [6, 6.07) is -0.0346. The Hall–Kier alpha value is -0.930. The van der Waals surface area contributed by atoms with E-state index in [9.17, 15) is 8.42 Å². The minimum atomic E-state index is -3.16. The molecule has 0 amide bonds. The van der Waals surface area contributed by atoms with E-state index in [4.69, 9.17) is 4.74 Å². The van der Waals surface area contributed by atoms with Gasteiger partial charge in [0.05, 0.1) is 23.0 Å². The van der Waals surface area contributed by atoms with E-state index in [0.717, 1.165) is 32.2 Å². The van der Waals surface area contributed by atoms with E-state index in [1.807, 2.05) is 4.90 Å². The molecule has 1 saturated heterocycles. The minimum Gasteiger partial charge on any atom is -0.480 e. The largest absolute Gasteiger partial charge is 0.480 e. The number of aromatic nitrogens is 2. The number of piperidine rings is 1. The maximum Gasteiger partial charge on any atom is 0.232 e. The van der Waals surface area contributed by atoms with Gasteiger partial charge < -0.3 is 9.64 Å². The summed E-state index contributed by atoms with van der Waals surface area (Å²) >= 11 is 3.34. The van der Waals surface area contributed by atoms with E-state index in [-0.39, 0.29) is 11.3 Å². The van der Waals surface area contributed by atoms with Crippen molar-refractivity contribution < 1.29 is 13.2 Å². The molecule has 0 aromatic carbocycles. The van der Waals surface area contributed by atoms with Crippen LogP contribution in [0.5, 0.6) is 5.88 Å². The summed E-state index contributed by atoms with van der Waals surface area (Å²) < 4.78 is 32.3. The highest BCUT2D eigenvalue weighted by atomic mass is 79.9. The molecule has 1 saturated carbocycles. The lowest BCUT2D eigenvalue weighted by molar-refractivity contribution is 0.317. The lowest BCUT2D eigenvalue weighted by Gasteiger charge is -2.37. The van der Waals surface area contributed by atoms with Crippen LogP contribution in [-0.2, 0) is 10.0 Å². The Balaban J connectivity index is 1.75. The van der Waals surface area contributed by atoms with Gasteiger partial charge in [-0.25, -0.2) is 13.4 Å². The molecule has 2 fully saturated rings. The number of rotatable bonds is 5. The van der Waals surface area contributed by atoms with Crippen LogP contribution in [0, 0.1) is 0 Å². The topological polar surface area (TPSA) is 75.6 Å². The van der Waals surface area contributed by atoms with Gasteiger partial charge in [-0.3, -0.25) is 0 Å². The molecule has 2 heterocycles. The van der Waals surface area contributed by atoms with Crippen molar-refractivity contribution in [3.63, 3.8) is 0 Å². The molecule has 3 rings (SSSR count). The molecule has 1 unspecified atom stereocenters. The SMILES string of the molecule is COc1nc(N2CCCC(N(C)S(=O)(=O)C3CC3)C2)ncc1Br. The Morgan fingerprint density at radius 1 is 1.39 bits per heavy atom. The van der Waals surface area contributed by atoms with Crippen molar-refractivity contribution in [3.8, 4) is 5.88 Å². The molecule has 0 radical (unpaired) electrons. The van der Waals surface area contributed by atoms with Crippen molar-refractivity contribution >= 4 is 31.9 Å². The van der Waals surface area contributed by atoms with Gasteiger partial charge in [0.25, 0.3) is 0 Å². The summed E-state index contributed by atoms with van der Waals surface area (Å²) in [6.45, 7) is 1.42. The van der Waals surface area contributed by atoms with E-state index >= 15 is 0 Å². The second-order valence-corrected chi connectivity index (χ2v) is 9.16. The van der Waals surface area contributed by atoms with Crippen molar-refractivity contribution in [1.82, 2.24) is 14.3 Å². The number of hydrogen-bond donors (Lipinski definition) is 0. The van der Waals surface area contributed by atoms with E-state index in [2.05, 4.69) is 25.9 Å². The Morgan fingerprint density at radius 2 is 2.13 bits per heavy atom. The number of anilines is 1. The van der Waals surface area contributed by atoms with Gasteiger partial charge in [-0.1, -0.05) is 0 Å². The van der Waals surface area contributed by atoms with Gasteiger partial charge in [-0.15, -0.1) is 0 Å². The number of sulfonamides is 1. The van der Waals surface area contributed by atoms with Gasteiger partial charge >= 0.3 is 0 Å². The lowest BCUT2D eigenvalue weighted by atomic mass is 10.1. The number of ether oxygens (including phenoxy) is 1. The van der Waals surface area contributed by atoms with Crippen molar-refractivity contribution in [2.75, 3.05) is 32.1 Å². The molecule has 0 N–H and O–H groups in total. The number of nitrogens with zero attached hydrogens (tertiary/aromatic N) is 4. The van der Waals surface area contributed by atoms with Crippen LogP contribution in [0.25, 0.3) is 0 Å². The predicted octanol–water partition coefficient (Wildman–Crippen LogP) is 1.64. The molecule has 1 aromatic heterocycles. The molecule has 1 aromatic rings. The third kappa shape index (κ3) is 3.46. The molecule has 7 nitrogen and oxygen atoms in total. The molecule has 1 aliphatic carbocycles. The molecule has 23 heavy (non-hydrogen) atoms. The molecule has 0 spiro atoms. The van der Waals surface area contributed by atoms with E-state index < -0.39 is 10.0 Å². The zero-order valence-electron chi connectivity index (χ0n) is 13.3. The van der Waals surface area contributed by atoms with Gasteiger partial charge in [0.2, 0.25) is 21.9 Å². The minimum absolute atomic E-state index is 0.0346. The van der Waals surface area contributed by atoms with Crippen LogP contribution >= 0.6 is 15.9 Å². The first-order chi connectivity index (χ1) is 10.9. The first-order valence-electron chi connectivity index (χ1n) is 7.72. The average Bonchev–Trinajstić information content (AvgIpc) is 3.40. The summed E-state index contributed by atoms with van der Waals surface area (Å²) in [6.07, 6.45) is 5.02. The van der Waals surface area contributed by atoms with Crippen molar-refractivity contribution in [1.29, 1.82) is 0 Å². The zero-order valence-corrected chi connectivity index (χ0v) is 15.7. The highest BCUT2D eigenvalue weighted by Crippen LogP contribution is 2.33. The number of halogens is 1. The van der Waals surface area contributed by atoms with Crippen LogP contribution < -0.4 is 9.64 Å². The summed E-state index contributed by atoms with van der Waals surface area (Å²) in [5.74, 6) is 1.06. The Morgan fingerprint density at radius 3 is 2.78 bits per heavy atom. The highest BCUT2D eigenvalue weighted by Gasteiger charge is 2.41. The molecular formula is C14H21BrN4O3S. The molecule has 1 atom stereocenters. The standard InChI is InChI=1S/C14H21BrN4O3S/c1-18(23(20,21)11-5-6-11)10-4-3-7-19(9-10)14-16-8-12(15)13(17-14)22-2/h8,10-11H,3-7,9H2,1-2H3. The molecule has 128 valence electrons. The molecule has 9 heteroatoms. The Bertz CT molecular complexity index is 681. The molecule has 0 bridgehead atoms. The summed E-state index contributed by atoms with van der Waals surface area (Å²) in [7, 11) is 0.104. The van der Waals surface area contributed by atoms with E-state index in [1.54, 1.807) is 24.7 Å². The predicted molar refractivity (Wildman–Crippen MR) is 91.2 cm³/mol. The van der Waals surface area contributed by atoms with Gasteiger partial charge in [0.15, 0.2) is 0 Å². The Kier molecular flexibility index (Phi) is 4.80. The van der Waals surface area contributed by atoms with Gasteiger partial charge in [0, 0.05) is 26.2 Å². The summed E-state index contributed by atoms with van der Waals surface area (Å²) in [5.41, 5.74) is 0. The smallest absolute Gasteiger partial charge is 0.232 e. The fourth-order valence-electron chi connectivity index (χ4n) is 2.88. The zero-order chi connectivity index (χ0) is 16.6. The lowest BCUT2D eigenvalue weighted by Crippen LogP contribution is -2.49. The monoisotopic (exact) mass is 404 g/mol. The fourth-order valence-corrected chi connectivity index (χ4v) is 5.02. The van der Waals surface area contributed by atoms with Gasteiger partial charge in [0.1, 0.15) is 0 Å². The highest BCUT2D eigenvalue weighted by molar-refractivity contribution is 9.10. The second-order valence-electron chi connectivity index (χ2n) is 6.03. The van der Waals surface area contributed by atoms with Crippen LogP contribution in [0.2, 0.25) is 0 Å². The van der Waals surface area contributed by atoms with Crippen LogP contribution in [0.3, 0.4) is 0 Å². The molecule has 2 aliphatic rings. The van der Waals surface area contributed by atoms with Gasteiger partial charge in [-0.05, 0) is 41.6 Å². The van der Waals surface area contributed by atoms with Crippen LogP contribution in [-0.4, -0.2) is 61.2 Å². The molecular weight excluding hydrogens is 384 g/mol. The first-order valence-corrected chi connectivity index (χ1v) is 10.0. The van der Waals surface area contributed by atoms with Crippen LogP contribution in [0.1, 0.15) is 25.7 Å². The number of methoxy groups -OCH3 is 1. The average molecular weight is 405 g/mol. The van der Waals surface area contributed by atoms with E-state index in [1.165, 1.54) is 0 Å². The van der Waals surface area contributed by atoms with Crippen LogP contribution in [0.4, 0.5) is 5.95 Å². The quantitative estimate of drug-likeness (QED) is 0.742. The first kappa shape index (κ1) is 16.9. The number of likely N-dealkylation sites (N-methyl/N-ethyl adjacent to an activating group) is 1. The summed E-state index contributed by atoms with van der Waals surface area (Å²) in [5, 5.41) is -0.174. The fraction of sp³-hybridized carbons (Fsp3) is 0.714. The van der Waals surface area contributed by atoms with Crippen molar-refractivity contribution in [2.45, 2.75) is 37.0 Å². The Labute approximate surface area is 145 Å². The maximum atomic E-state index is 12.4. The third-order valence-corrected chi connectivity index (χ3v) is 7.39. The van der Waals surface area contributed by atoms with Crippen molar-refractivity contribution in [3.05, 3.63) is 10.7 Å². The van der Waals surface area contributed by atoms with Crippen LogP contribution in [0.15, 0.2) is 10.7 Å². The normalized spacial score (nSPS) is 22.4. The molecule has 1 aliphatic heterocycles. The third-order valence-electron chi connectivity index (χ3n) is 4.43. The van der Waals surface area contributed by atoms with E-state index in [0.29, 0.717) is 22.8 Å². The van der Waals surface area contributed by atoms with Crippen molar-refractivity contribution in [2.24, 2.45) is 0 Å². The summed E-state index contributed by atoms with van der Waals surface area (Å²) in [4.78, 5) is 10.8. The number of hydrogen-bond acceptors (Lipinski definition) is 6. The second kappa shape index (κ2) is 6.52. The van der Waals surface area contributed by atoms with Gasteiger partial charge in [-0.2, -0.15) is 9.29 Å².